The topological polar surface area (TPSA) is 66.8 Å². The Morgan fingerprint density at radius 2 is 2.11 bits per heavy atom. The molecule has 1 saturated heterocycles. The average molecular weight is 270 g/mol. The van der Waals surface area contributed by atoms with Gasteiger partial charge in [0.15, 0.2) is 0 Å². The van der Waals surface area contributed by atoms with E-state index in [0.29, 0.717) is 18.1 Å². The zero-order valence-electron chi connectivity index (χ0n) is 9.51. The highest BCUT2D eigenvalue weighted by Crippen LogP contribution is 2.18. The monoisotopic (exact) mass is 269 g/mol. The van der Waals surface area contributed by atoms with E-state index < -0.39 is 18.2 Å². The van der Waals surface area contributed by atoms with Gasteiger partial charge in [-0.1, -0.05) is 23.7 Å². The third-order valence-electron chi connectivity index (χ3n) is 2.64. The largest absolute Gasteiger partial charge is 0.481 e. The summed E-state index contributed by atoms with van der Waals surface area (Å²) in [6, 6.07) is 7.13. The van der Waals surface area contributed by atoms with Crippen LogP contribution in [0.15, 0.2) is 24.3 Å². The minimum Gasteiger partial charge on any atom is -0.481 e. The zero-order chi connectivity index (χ0) is 13.1. The van der Waals surface area contributed by atoms with Gasteiger partial charge in [0.25, 0.3) is 0 Å². The second-order valence-corrected chi connectivity index (χ2v) is 4.55. The molecule has 0 aliphatic carbocycles. The van der Waals surface area contributed by atoms with Crippen LogP contribution in [-0.4, -0.2) is 34.7 Å². The van der Waals surface area contributed by atoms with Crippen molar-refractivity contribution in [3.63, 3.8) is 0 Å². The number of hydrogen-bond acceptors (Lipinski definition) is 3. The maximum atomic E-state index is 11.5. The summed E-state index contributed by atoms with van der Waals surface area (Å²) < 4.78 is 4.96. The first-order valence-corrected chi connectivity index (χ1v) is 5.84. The van der Waals surface area contributed by atoms with Gasteiger partial charge in [0, 0.05) is 11.6 Å². The van der Waals surface area contributed by atoms with Crippen molar-refractivity contribution in [3.05, 3.63) is 34.9 Å². The Kier molecular flexibility index (Phi) is 3.72. The summed E-state index contributed by atoms with van der Waals surface area (Å²) in [6.45, 7) is 0.694. The second kappa shape index (κ2) is 5.27. The number of halogens is 1. The number of carbonyl (C=O) groups excluding carboxylic acids is 1. The van der Waals surface area contributed by atoms with Gasteiger partial charge >= 0.3 is 12.1 Å². The van der Waals surface area contributed by atoms with Crippen LogP contribution in [0.4, 0.5) is 4.79 Å². The molecule has 1 fully saturated rings. The normalized spacial score (nSPS) is 18.8. The van der Waals surface area contributed by atoms with Gasteiger partial charge in [-0.25, -0.2) is 4.79 Å². The van der Waals surface area contributed by atoms with Crippen molar-refractivity contribution in [1.29, 1.82) is 0 Å². The van der Waals surface area contributed by atoms with Gasteiger partial charge in [0.2, 0.25) is 0 Å². The van der Waals surface area contributed by atoms with Crippen molar-refractivity contribution >= 4 is 23.7 Å². The number of cyclic esters (lactones) is 1. The number of ether oxygens (including phenoxy) is 1. The number of carboxylic acid groups (broad SMARTS) is 1. The number of carboxylic acids is 1. The van der Waals surface area contributed by atoms with Gasteiger partial charge in [-0.2, -0.15) is 0 Å². The highest BCUT2D eigenvalue weighted by atomic mass is 35.5. The Balaban J connectivity index is 1.96. The van der Waals surface area contributed by atoms with Crippen LogP contribution in [0.2, 0.25) is 5.02 Å². The molecule has 96 valence electrons. The van der Waals surface area contributed by atoms with Gasteiger partial charge in [-0.05, 0) is 17.7 Å². The molecule has 0 saturated carbocycles. The van der Waals surface area contributed by atoms with E-state index in [1.54, 1.807) is 12.1 Å². The molecule has 2 rings (SSSR count). The molecule has 0 radical (unpaired) electrons. The first kappa shape index (κ1) is 12.7. The third kappa shape index (κ3) is 3.13. The summed E-state index contributed by atoms with van der Waals surface area (Å²) in [5.74, 6) is -0.971. The third-order valence-corrected chi connectivity index (χ3v) is 2.89. The number of nitrogens with zero attached hydrogens (tertiary/aromatic N) is 1. The van der Waals surface area contributed by atoms with Crippen LogP contribution in [0.1, 0.15) is 12.0 Å². The number of benzene rings is 1. The lowest BCUT2D eigenvalue weighted by Gasteiger charge is -2.12. The molecule has 1 heterocycles. The van der Waals surface area contributed by atoms with Gasteiger partial charge in [0.05, 0.1) is 13.0 Å². The van der Waals surface area contributed by atoms with E-state index in [2.05, 4.69) is 0 Å². The van der Waals surface area contributed by atoms with Crippen molar-refractivity contribution < 1.29 is 19.4 Å². The summed E-state index contributed by atoms with van der Waals surface area (Å²) in [4.78, 5) is 23.5. The first-order valence-electron chi connectivity index (χ1n) is 5.46. The fourth-order valence-corrected chi connectivity index (χ4v) is 1.94. The van der Waals surface area contributed by atoms with Crippen LogP contribution in [0.25, 0.3) is 0 Å². The van der Waals surface area contributed by atoms with E-state index in [1.807, 2.05) is 12.1 Å². The molecule has 1 aliphatic heterocycles. The summed E-state index contributed by atoms with van der Waals surface area (Å²) in [7, 11) is 0. The molecule has 1 atom stereocenters. The second-order valence-electron chi connectivity index (χ2n) is 4.11. The Morgan fingerprint density at radius 3 is 2.72 bits per heavy atom. The van der Waals surface area contributed by atoms with Crippen LogP contribution in [0.5, 0.6) is 0 Å². The molecular formula is C12H12ClNO4. The fourth-order valence-electron chi connectivity index (χ4n) is 1.82. The highest BCUT2D eigenvalue weighted by Gasteiger charge is 2.32. The minimum atomic E-state index is -0.971. The van der Waals surface area contributed by atoms with Crippen molar-refractivity contribution in [2.75, 3.05) is 6.54 Å². The average Bonchev–Trinajstić information content (AvgIpc) is 2.61. The van der Waals surface area contributed by atoms with Crippen LogP contribution in [0, 0.1) is 0 Å². The van der Waals surface area contributed by atoms with Crippen LogP contribution < -0.4 is 0 Å². The maximum Gasteiger partial charge on any atom is 0.410 e. The fraction of sp³-hybridized carbons (Fsp3) is 0.333. The summed E-state index contributed by atoms with van der Waals surface area (Å²) in [6.07, 6.45) is -1.21. The number of carbonyl (C=O) groups is 2. The van der Waals surface area contributed by atoms with Gasteiger partial charge in [-0.3, -0.25) is 4.79 Å². The quantitative estimate of drug-likeness (QED) is 0.909. The van der Waals surface area contributed by atoms with E-state index >= 15 is 0 Å². The Morgan fingerprint density at radius 1 is 1.44 bits per heavy atom. The summed E-state index contributed by atoms with van der Waals surface area (Å²) >= 11 is 5.77. The predicted octanol–water partition coefficient (Wildman–Crippen LogP) is 2.14. The molecule has 1 aromatic rings. The van der Waals surface area contributed by atoms with Gasteiger partial charge < -0.3 is 14.7 Å². The Hall–Kier alpha value is -1.75. The molecule has 0 bridgehead atoms. The van der Waals surface area contributed by atoms with Crippen LogP contribution in [-0.2, 0) is 16.1 Å². The Bertz CT molecular complexity index is 460. The molecule has 1 aromatic carbocycles. The minimum absolute atomic E-state index is 0.164. The number of aliphatic carboxylic acids is 1. The van der Waals surface area contributed by atoms with Crippen LogP contribution >= 0.6 is 11.6 Å². The molecule has 18 heavy (non-hydrogen) atoms. The van der Waals surface area contributed by atoms with E-state index in [0.717, 1.165) is 5.56 Å². The van der Waals surface area contributed by atoms with Gasteiger partial charge in [-0.15, -0.1) is 0 Å². The molecule has 1 N–H and O–H groups in total. The zero-order valence-corrected chi connectivity index (χ0v) is 10.3. The smallest absolute Gasteiger partial charge is 0.410 e. The van der Waals surface area contributed by atoms with E-state index in [4.69, 9.17) is 21.4 Å². The van der Waals surface area contributed by atoms with Crippen LogP contribution in [0.3, 0.4) is 0 Å². The molecule has 6 heteroatoms. The standard InChI is InChI=1S/C12H12ClNO4/c13-9-3-1-8(2-4-9)6-14-7-10(5-11(15)16)18-12(14)17/h1-4,10H,5-7H2,(H,15,16). The molecule has 0 spiro atoms. The SMILES string of the molecule is O=C(O)CC1CN(Cc2ccc(Cl)cc2)C(=O)O1. The van der Waals surface area contributed by atoms with Gasteiger partial charge in [0.1, 0.15) is 6.10 Å². The number of hydrogen-bond donors (Lipinski definition) is 1. The summed E-state index contributed by atoms with van der Waals surface area (Å²) in [5, 5.41) is 9.27. The molecule has 5 nitrogen and oxygen atoms in total. The van der Waals surface area contributed by atoms with E-state index in [9.17, 15) is 9.59 Å². The van der Waals surface area contributed by atoms with Crippen molar-refractivity contribution in [3.8, 4) is 0 Å². The number of amides is 1. The van der Waals surface area contributed by atoms with E-state index in [1.165, 1.54) is 4.90 Å². The molecule has 1 unspecified atom stereocenters. The maximum absolute atomic E-state index is 11.5. The Labute approximate surface area is 109 Å². The summed E-state index contributed by atoms with van der Waals surface area (Å²) in [5.41, 5.74) is 0.923. The lowest BCUT2D eigenvalue weighted by atomic mass is 10.2. The predicted molar refractivity (Wildman–Crippen MR) is 64.4 cm³/mol. The number of rotatable bonds is 4. The lowest BCUT2D eigenvalue weighted by molar-refractivity contribution is -0.138. The molecular weight excluding hydrogens is 258 g/mol. The van der Waals surface area contributed by atoms with Crippen molar-refractivity contribution in [2.24, 2.45) is 0 Å². The highest BCUT2D eigenvalue weighted by molar-refractivity contribution is 6.30. The molecule has 1 amide bonds. The first-order chi connectivity index (χ1) is 8.54. The molecule has 1 aliphatic rings. The van der Waals surface area contributed by atoms with Crippen molar-refractivity contribution in [1.82, 2.24) is 4.90 Å². The lowest BCUT2D eigenvalue weighted by Crippen LogP contribution is -2.25. The molecule has 0 aromatic heterocycles. The van der Waals surface area contributed by atoms with E-state index in [-0.39, 0.29) is 6.42 Å². The van der Waals surface area contributed by atoms with Crippen molar-refractivity contribution in [2.45, 2.75) is 19.1 Å².